The third-order valence-corrected chi connectivity index (χ3v) is 2.52. The fraction of sp³-hybridized carbons (Fsp3) is 1.00. The Kier molecular flexibility index (Phi) is 3.87. The summed E-state index contributed by atoms with van der Waals surface area (Å²) < 4.78 is 0. The SMILES string of the molecule is CCC[NH+]1CCCN(C)CC1. The van der Waals surface area contributed by atoms with E-state index in [1.54, 1.807) is 4.90 Å². The number of rotatable bonds is 2. The molecule has 2 heteroatoms. The lowest BCUT2D eigenvalue weighted by Gasteiger charge is -2.15. The third-order valence-electron chi connectivity index (χ3n) is 2.52. The van der Waals surface area contributed by atoms with Crippen molar-refractivity contribution in [3.05, 3.63) is 0 Å². The van der Waals surface area contributed by atoms with Crippen LogP contribution in [0.3, 0.4) is 0 Å². The maximum atomic E-state index is 2.45. The molecule has 0 radical (unpaired) electrons. The maximum Gasteiger partial charge on any atom is 0.0900 e. The molecule has 1 rings (SSSR count). The molecule has 0 amide bonds. The summed E-state index contributed by atoms with van der Waals surface area (Å²) in [6.45, 7) is 8.97. The van der Waals surface area contributed by atoms with E-state index < -0.39 is 0 Å². The first kappa shape index (κ1) is 9.01. The van der Waals surface area contributed by atoms with E-state index in [-0.39, 0.29) is 0 Å². The molecular weight excluding hydrogens is 136 g/mol. The van der Waals surface area contributed by atoms with Gasteiger partial charge in [0.05, 0.1) is 19.6 Å². The summed E-state index contributed by atoms with van der Waals surface area (Å²) in [6, 6.07) is 0. The topological polar surface area (TPSA) is 7.68 Å². The maximum absolute atomic E-state index is 2.45. The molecule has 0 saturated carbocycles. The fourth-order valence-electron chi connectivity index (χ4n) is 1.79. The number of nitrogens with one attached hydrogen (secondary N) is 1. The van der Waals surface area contributed by atoms with Crippen LogP contribution in [0.2, 0.25) is 0 Å². The zero-order valence-electron chi connectivity index (χ0n) is 7.90. The predicted octanol–water partition coefficient (Wildman–Crippen LogP) is -0.383. The standard InChI is InChI=1S/C9H20N2/c1-3-5-11-7-4-6-10(2)8-9-11/h3-9H2,1-2H3/p+1. The molecule has 66 valence electrons. The highest BCUT2D eigenvalue weighted by molar-refractivity contribution is 4.53. The van der Waals surface area contributed by atoms with Crippen LogP contribution in [0.5, 0.6) is 0 Å². The van der Waals surface area contributed by atoms with Crippen LogP contribution < -0.4 is 4.90 Å². The van der Waals surface area contributed by atoms with Gasteiger partial charge in [-0.15, -0.1) is 0 Å². The van der Waals surface area contributed by atoms with E-state index >= 15 is 0 Å². The van der Waals surface area contributed by atoms with Crippen molar-refractivity contribution in [2.45, 2.75) is 19.8 Å². The molecule has 0 bridgehead atoms. The largest absolute Gasteiger partial charge is 0.334 e. The second-order valence-corrected chi connectivity index (χ2v) is 3.66. The molecule has 1 aliphatic heterocycles. The van der Waals surface area contributed by atoms with Crippen molar-refractivity contribution < 1.29 is 4.90 Å². The first-order valence-electron chi connectivity index (χ1n) is 4.85. The Balaban J connectivity index is 2.22. The van der Waals surface area contributed by atoms with Crippen molar-refractivity contribution in [3.8, 4) is 0 Å². The predicted molar refractivity (Wildman–Crippen MR) is 48.0 cm³/mol. The Hall–Kier alpha value is -0.0800. The van der Waals surface area contributed by atoms with Gasteiger partial charge in [-0.25, -0.2) is 0 Å². The van der Waals surface area contributed by atoms with Gasteiger partial charge >= 0.3 is 0 Å². The van der Waals surface area contributed by atoms with E-state index in [1.807, 2.05) is 0 Å². The molecule has 1 aliphatic rings. The number of hydrogen-bond donors (Lipinski definition) is 1. The molecular formula is C9H21N2+. The minimum absolute atomic E-state index is 1.29. The summed E-state index contributed by atoms with van der Waals surface area (Å²) in [6.07, 6.45) is 2.71. The normalized spacial score (nSPS) is 28.4. The Morgan fingerprint density at radius 3 is 2.82 bits per heavy atom. The summed E-state index contributed by atoms with van der Waals surface area (Å²) >= 11 is 0. The Morgan fingerprint density at radius 2 is 2.09 bits per heavy atom. The first-order chi connectivity index (χ1) is 5.33. The van der Waals surface area contributed by atoms with Crippen LogP contribution in [-0.2, 0) is 0 Å². The van der Waals surface area contributed by atoms with E-state index in [1.165, 1.54) is 45.6 Å². The van der Waals surface area contributed by atoms with Crippen LogP contribution in [0.15, 0.2) is 0 Å². The average molecular weight is 157 g/mol. The third kappa shape index (κ3) is 3.21. The average Bonchev–Trinajstić information content (AvgIpc) is 2.17. The molecule has 1 fully saturated rings. The van der Waals surface area contributed by atoms with Crippen molar-refractivity contribution in [1.82, 2.24) is 4.90 Å². The van der Waals surface area contributed by atoms with Crippen LogP contribution in [0.25, 0.3) is 0 Å². The number of nitrogens with zero attached hydrogens (tertiary/aromatic N) is 1. The van der Waals surface area contributed by atoms with Gasteiger partial charge in [0.15, 0.2) is 0 Å². The second-order valence-electron chi connectivity index (χ2n) is 3.66. The van der Waals surface area contributed by atoms with Crippen LogP contribution in [-0.4, -0.2) is 44.7 Å². The van der Waals surface area contributed by atoms with Gasteiger partial charge in [-0.05, 0) is 13.5 Å². The van der Waals surface area contributed by atoms with Gasteiger partial charge < -0.3 is 9.80 Å². The van der Waals surface area contributed by atoms with E-state index in [2.05, 4.69) is 18.9 Å². The minimum atomic E-state index is 1.29. The Labute approximate surface area is 70.2 Å². The molecule has 1 N–H and O–H groups in total. The van der Waals surface area contributed by atoms with Crippen molar-refractivity contribution in [3.63, 3.8) is 0 Å². The highest BCUT2D eigenvalue weighted by Gasteiger charge is 2.12. The first-order valence-corrected chi connectivity index (χ1v) is 4.85. The van der Waals surface area contributed by atoms with Crippen molar-refractivity contribution >= 4 is 0 Å². The van der Waals surface area contributed by atoms with Gasteiger partial charge in [0, 0.05) is 19.5 Å². The molecule has 11 heavy (non-hydrogen) atoms. The number of quaternary nitrogens is 1. The molecule has 1 atom stereocenters. The monoisotopic (exact) mass is 157 g/mol. The smallest absolute Gasteiger partial charge is 0.0900 e. The van der Waals surface area contributed by atoms with Gasteiger partial charge in [-0.3, -0.25) is 0 Å². The summed E-state index contributed by atoms with van der Waals surface area (Å²) in [7, 11) is 2.23. The highest BCUT2D eigenvalue weighted by Crippen LogP contribution is 1.86. The zero-order chi connectivity index (χ0) is 8.10. The van der Waals surface area contributed by atoms with E-state index in [4.69, 9.17) is 0 Å². The Bertz CT molecular complexity index is 104. The molecule has 2 nitrogen and oxygen atoms in total. The molecule has 1 heterocycles. The van der Waals surface area contributed by atoms with E-state index in [9.17, 15) is 0 Å². The molecule has 1 saturated heterocycles. The van der Waals surface area contributed by atoms with Crippen LogP contribution in [0.1, 0.15) is 19.8 Å². The molecule has 0 aromatic heterocycles. The molecule has 0 aliphatic carbocycles. The van der Waals surface area contributed by atoms with Crippen molar-refractivity contribution in [2.75, 3.05) is 39.8 Å². The van der Waals surface area contributed by atoms with Crippen molar-refractivity contribution in [2.24, 2.45) is 0 Å². The molecule has 0 aromatic carbocycles. The van der Waals surface area contributed by atoms with Crippen LogP contribution >= 0.6 is 0 Å². The fourth-order valence-corrected chi connectivity index (χ4v) is 1.79. The number of likely N-dealkylation sites (N-methyl/N-ethyl adjacent to an activating group) is 1. The van der Waals surface area contributed by atoms with Crippen LogP contribution in [0.4, 0.5) is 0 Å². The molecule has 1 unspecified atom stereocenters. The zero-order valence-corrected chi connectivity index (χ0v) is 7.90. The highest BCUT2D eigenvalue weighted by atomic mass is 15.2. The molecule has 0 spiro atoms. The lowest BCUT2D eigenvalue weighted by molar-refractivity contribution is -0.898. The lowest BCUT2D eigenvalue weighted by Crippen LogP contribution is -3.12. The van der Waals surface area contributed by atoms with Gasteiger partial charge in [0.25, 0.3) is 0 Å². The van der Waals surface area contributed by atoms with E-state index in [0.717, 1.165) is 0 Å². The number of hydrogen-bond acceptors (Lipinski definition) is 1. The van der Waals surface area contributed by atoms with Gasteiger partial charge in [0.2, 0.25) is 0 Å². The summed E-state index contributed by atoms with van der Waals surface area (Å²) in [5, 5.41) is 0. The quantitative estimate of drug-likeness (QED) is 0.574. The van der Waals surface area contributed by atoms with Gasteiger partial charge in [-0.1, -0.05) is 6.92 Å². The van der Waals surface area contributed by atoms with Gasteiger partial charge in [0.1, 0.15) is 0 Å². The summed E-state index contributed by atoms with van der Waals surface area (Å²) in [5.41, 5.74) is 0. The second kappa shape index (κ2) is 4.73. The minimum Gasteiger partial charge on any atom is -0.334 e. The summed E-state index contributed by atoms with van der Waals surface area (Å²) in [5.74, 6) is 0. The van der Waals surface area contributed by atoms with Crippen molar-refractivity contribution in [1.29, 1.82) is 0 Å². The summed E-state index contributed by atoms with van der Waals surface area (Å²) in [4.78, 5) is 4.25. The van der Waals surface area contributed by atoms with E-state index in [0.29, 0.717) is 0 Å². The van der Waals surface area contributed by atoms with Gasteiger partial charge in [-0.2, -0.15) is 0 Å². The lowest BCUT2D eigenvalue weighted by atomic mass is 10.3. The van der Waals surface area contributed by atoms with Crippen LogP contribution in [0, 0.1) is 0 Å². The molecule has 0 aromatic rings. The Morgan fingerprint density at radius 1 is 1.27 bits per heavy atom.